The molecule has 0 amide bonds. The highest BCUT2D eigenvalue weighted by Crippen LogP contribution is 2.45. The van der Waals surface area contributed by atoms with Crippen molar-refractivity contribution in [1.29, 1.82) is 0 Å². The summed E-state index contributed by atoms with van der Waals surface area (Å²) >= 11 is 0. The van der Waals surface area contributed by atoms with E-state index in [-0.39, 0.29) is 53.9 Å². The number of carboxylic acid groups (broad SMARTS) is 1. The molecule has 2 aliphatic rings. The maximum absolute atomic E-state index is 13.8. The zero-order valence-electron chi connectivity index (χ0n) is 33.3. The number of esters is 1. The van der Waals surface area contributed by atoms with Crippen LogP contribution in [0.1, 0.15) is 114 Å². The van der Waals surface area contributed by atoms with Crippen LogP contribution in [0, 0.1) is 11.8 Å². The van der Waals surface area contributed by atoms with Gasteiger partial charge in [0.05, 0.1) is 11.7 Å². The van der Waals surface area contributed by atoms with Crippen LogP contribution in [0.4, 0.5) is 0 Å². The highest BCUT2D eigenvalue weighted by Gasteiger charge is 2.47. The van der Waals surface area contributed by atoms with Gasteiger partial charge in [-0.3, -0.25) is 4.79 Å². The number of hydrogen-bond acceptors (Lipinski definition) is 6. The highest BCUT2D eigenvalue weighted by molar-refractivity contribution is 6.74. The van der Waals surface area contributed by atoms with Crippen LogP contribution < -0.4 is 0 Å². The molecule has 0 bridgehead atoms. The lowest BCUT2D eigenvalue weighted by Gasteiger charge is -2.40. The Bertz CT molecular complexity index is 1560. The Kier molecular flexibility index (Phi) is 15.5. The molecule has 3 aromatic rings. The van der Waals surface area contributed by atoms with Gasteiger partial charge in [-0.15, -0.1) is 0 Å². The summed E-state index contributed by atoms with van der Waals surface area (Å²) < 4.78 is 26.6. The molecule has 1 aliphatic carbocycles. The zero-order valence-corrected chi connectivity index (χ0v) is 34.3. The van der Waals surface area contributed by atoms with Crippen LogP contribution in [0.2, 0.25) is 18.1 Å². The van der Waals surface area contributed by atoms with E-state index in [2.05, 4.69) is 76.3 Å². The van der Waals surface area contributed by atoms with Crippen LogP contribution in [0.25, 0.3) is 11.1 Å². The summed E-state index contributed by atoms with van der Waals surface area (Å²) in [5.74, 6) is -0.780. The number of unbranched alkanes of at least 4 members (excludes halogenated alkanes) is 3. The summed E-state index contributed by atoms with van der Waals surface area (Å²) in [5, 5.41) is 9.24. The maximum Gasteiger partial charge on any atom is 0.338 e. The van der Waals surface area contributed by atoms with Gasteiger partial charge in [-0.25, -0.2) is 4.79 Å². The first-order valence-electron chi connectivity index (χ1n) is 20.5. The standard InChI is InChI=1S/C46H64O7Si/c1-46(2,3)54(4,5)53-38(32-34-18-10-8-11-19-34)29-30-40-39(22-14-6-7-15-23-43(47)48)42(33-41(40)51-44-24-16-17-31-50-44)52-45(49)37-27-25-36(26-28-37)35-20-12-9-13-21-35/h8-13,18-21,25-28,38-42,44H,6-7,14-17,22-24,29-33H2,1-5H3,(H,47,48)/t38?,39-,40-,41?,42+,44?/m1/s1. The van der Waals surface area contributed by atoms with E-state index in [1.54, 1.807) is 0 Å². The lowest BCUT2D eigenvalue weighted by molar-refractivity contribution is -0.196. The third-order valence-electron chi connectivity index (χ3n) is 12.0. The molecule has 1 saturated carbocycles. The summed E-state index contributed by atoms with van der Waals surface area (Å²) in [6.45, 7) is 12.3. The van der Waals surface area contributed by atoms with Crippen LogP contribution in [0.5, 0.6) is 0 Å². The fourth-order valence-electron chi connectivity index (χ4n) is 7.93. The molecular formula is C46H64O7Si. The number of hydrogen-bond donors (Lipinski definition) is 1. The number of carbonyl (C=O) groups is 2. The minimum absolute atomic E-state index is 0.0567. The van der Waals surface area contributed by atoms with Crippen LogP contribution in [0.3, 0.4) is 0 Å². The lowest BCUT2D eigenvalue weighted by Crippen LogP contribution is -2.44. The lowest BCUT2D eigenvalue weighted by atomic mass is 9.84. The second-order valence-corrected chi connectivity index (χ2v) is 21.8. The number of benzene rings is 3. The fourth-order valence-corrected chi connectivity index (χ4v) is 9.32. The number of carbonyl (C=O) groups excluding carboxylic acids is 1. The average molecular weight is 757 g/mol. The molecule has 1 aliphatic heterocycles. The van der Waals surface area contributed by atoms with Gasteiger partial charge >= 0.3 is 11.9 Å². The molecule has 1 saturated heterocycles. The maximum atomic E-state index is 13.8. The van der Waals surface area contributed by atoms with Crippen LogP contribution in [-0.2, 0) is 29.9 Å². The molecule has 294 valence electrons. The Morgan fingerprint density at radius 3 is 2.11 bits per heavy atom. The van der Waals surface area contributed by atoms with Crippen molar-refractivity contribution in [2.24, 2.45) is 11.8 Å². The average Bonchev–Trinajstić information content (AvgIpc) is 3.46. The van der Waals surface area contributed by atoms with Crippen molar-refractivity contribution in [1.82, 2.24) is 0 Å². The third-order valence-corrected chi connectivity index (χ3v) is 16.5. The Morgan fingerprint density at radius 2 is 1.46 bits per heavy atom. The van der Waals surface area contributed by atoms with Gasteiger partial charge in [0.2, 0.25) is 0 Å². The molecular weight excluding hydrogens is 693 g/mol. The Morgan fingerprint density at radius 1 is 0.815 bits per heavy atom. The van der Waals surface area contributed by atoms with Crippen molar-refractivity contribution < 1.29 is 33.3 Å². The smallest absolute Gasteiger partial charge is 0.338 e. The minimum atomic E-state index is -2.07. The first-order chi connectivity index (χ1) is 25.9. The van der Waals surface area contributed by atoms with Gasteiger partial charge in [0.15, 0.2) is 14.6 Å². The Labute approximate surface area is 325 Å². The first kappa shape index (κ1) is 41.9. The molecule has 7 nitrogen and oxygen atoms in total. The number of rotatable bonds is 19. The van der Waals surface area contributed by atoms with Gasteiger partial charge in [-0.2, -0.15) is 0 Å². The van der Waals surface area contributed by atoms with Gasteiger partial charge < -0.3 is 23.7 Å². The van der Waals surface area contributed by atoms with E-state index in [4.69, 9.17) is 23.7 Å². The van der Waals surface area contributed by atoms with E-state index < -0.39 is 14.3 Å². The molecule has 3 aromatic carbocycles. The quantitative estimate of drug-likeness (QED) is 0.0740. The van der Waals surface area contributed by atoms with E-state index in [0.717, 1.165) is 75.3 Å². The first-order valence-corrected chi connectivity index (χ1v) is 23.4. The van der Waals surface area contributed by atoms with Gasteiger partial charge in [-0.1, -0.05) is 113 Å². The molecule has 3 unspecified atom stereocenters. The molecule has 5 rings (SSSR count). The van der Waals surface area contributed by atoms with E-state index >= 15 is 0 Å². The number of ether oxygens (including phenoxy) is 3. The summed E-state index contributed by atoms with van der Waals surface area (Å²) in [7, 11) is -2.07. The number of carboxylic acids is 1. The SMILES string of the molecule is CC(C)(C)[Si](C)(C)OC(CC[C@H]1C(OC2CCCCO2)C[C@H](OC(=O)c2ccc(-c3ccccc3)cc2)[C@@H]1CCCCCCC(=O)O)Cc1ccccc1. The van der Waals surface area contributed by atoms with Crippen LogP contribution in [-0.4, -0.2) is 56.6 Å². The van der Waals surface area contributed by atoms with Crippen LogP contribution in [0.15, 0.2) is 84.9 Å². The monoisotopic (exact) mass is 756 g/mol. The second-order valence-electron chi connectivity index (χ2n) is 17.0. The van der Waals surface area contributed by atoms with E-state index in [1.807, 2.05) is 42.5 Å². The van der Waals surface area contributed by atoms with Crippen molar-refractivity contribution >= 4 is 20.3 Å². The van der Waals surface area contributed by atoms with Crippen molar-refractivity contribution in [2.45, 2.75) is 147 Å². The molecule has 0 spiro atoms. The Balaban J connectivity index is 1.37. The minimum Gasteiger partial charge on any atom is -0.481 e. The van der Waals surface area contributed by atoms with E-state index in [1.165, 1.54) is 5.56 Å². The largest absolute Gasteiger partial charge is 0.481 e. The predicted molar refractivity (Wildman–Crippen MR) is 218 cm³/mol. The summed E-state index contributed by atoms with van der Waals surface area (Å²) in [4.78, 5) is 25.0. The summed E-state index contributed by atoms with van der Waals surface area (Å²) in [6, 6.07) is 28.5. The topological polar surface area (TPSA) is 91.3 Å². The summed E-state index contributed by atoms with van der Waals surface area (Å²) in [5.41, 5.74) is 3.98. The van der Waals surface area contributed by atoms with Crippen molar-refractivity contribution in [3.8, 4) is 11.1 Å². The molecule has 6 atom stereocenters. The fraction of sp³-hybridized carbons (Fsp3) is 0.565. The summed E-state index contributed by atoms with van der Waals surface area (Å²) in [6.07, 6.45) is 10.2. The highest BCUT2D eigenvalue weighted by atomic mass is 28.4. The molecule has 0 aromatic heterocycles. The van der Waals surface area contributed by atoms with Crippen LogP contribution >= 0.6 is 0 Å². The van der Waals surface area contributed by atoms with Crippen molar-refractivity contribution in [2.75, 3.05) is 6.61 Å². The molecule has 0 radical (unpaired) electrons. The van der Waals surface area contributed by atoms with Crippen molar-refractivity contribution in [3.63, 3.8) is 0 Å². The van der Waals surface area contributed by atoms with Crippen molar-refractivity contribution in [3.05, 3.63) is 96.1 Å². The molecule has 2 fully saturated rings. The molecule has 8 heteroatoms. The molecule has 54 heavy (non-hydrogen) atoms. The molecule has 1 N–H and O–H groups in total. The van der Waals surface area contributed by atoms with Gasteiger partial charge in [0.25, 0.3) is 0 Å². The van der Waals surface area contributed by atoms with E-state index in [0.29, 0.717) is 25.0 Å². The second kappa shape index (κ2) is 20.0. The normalized spacial score (nSPS) is 22.5. The van der Waals surface area contributed by atoms with Gasteiger partial charge in [0.1, 0.15) is 6.10 Å². The van der Waals surface area contributed by atoms with E-state index in [9.17, 15) is 9.59 Å². The van der Waals surface area contributed by atoms with Gasteiger partial charge in [-0.05, 0) is 104 Å². The third kappa shape index (κ3) is 12.4. The Hall–Kier alpha value is -3.30. The molecule has 1 heterocycles. The van der Waals surface area contributed by atoms with Gasteiger partial charge in [0, 0.05) is 31.5 Å². The number of aliphatic carboxylic acids is 1. The predicted octanol–water partition coefficient (Wildman–Crippen LogP) is 11.3. The zero-order chi connectivity index (χ0) is 38.6.